The molecular formula is C11H7BrF3N3O2. The highest BCUT2D eigenvalue weighted by atomic mass is 79.9. The van der Waals surface area contributed by atoms with E-state index >= 15 is 0 Å². The van der Waals surface area contributed by atoms with E-state index in [9.17, 15) is 23.3 Å². The van der Waals surface area contributed by atoms with E-state index in [1.807, 2.05) is 0 Å². The summed E-state index contributed by atoms with van der Waals surface area (Å²) in [6, 6.07) is 4.23. The fourth-order valence-corrected chi connectivity index (χ4v) is 1.94. The number of nitrogens with zero attached hydrogens (tertiary/aromatic N) is 3. The molecule has 1 aromatic heterocycles. The summed E-state index contributed by atoms with van der Waals surface area (Å²) in [6.07, 6.45) is -3.19. The highest BCUT2D eigenvalue weighted by molar-refractivity contribution is 9.08. The lowest BCUT2D eigenvalue weighted by molar-refractivity contribution is -0.384. The molecule has 0 aliphatic carbocycles. The number of hydrogen-bond acceptors (Lipinski definition) is 3. The van der Waals surface area contributed by atoms with Gasteiger partial charge in [-0.05, 0) is 11.6 Å². The molecule has 2 rings (SSSR count). The van der Waals surface area contributed by atoms with Gasteiger partial charge in [0.1, 0.15) is 5.69 Å². The van der Waals surface area contributed by atoms with Crippen molar-refractivity contribution in [3.8, 4) is 5.69 Å². The molecule has 0 radical (unpaired) electrons. The normalized spacial score (nSPS) is 11.6. The van der Waals surface area contributed by atoms with Crippen molar-refractivity contribution in [3.05, 3.63) is 51.8 Å². The summed E-state index contributed by atoms with van der Waals surface area (Å²) in [5.41, 5.74) is -0.644. The van der Waals surface area contributed by atoms with Crippen LogP contribution in [-0.2, 0) is 11.5 Å². The third-order valence-electron chi connectivity index (χ3n) is 2.55. The first kappa shape index (κ1) is 14.5. The van der Waals surface area contributed by atoms with Crippen molar-refractivity contribution in [2.45, 2.75) is 11.5 Å². The number of halogens is 4. The first-order valence-corrected chi connectivity index (χ1v) is 6.40. The first-order valence-electron chi connectivity index (χ1n) is 5.28. The Labute approximate surface area is 119 Å². The van der Waals surface area contributed by atoms with Crippen LogP contribution in [0.15, 0.2) is 30.6 Å². The molecule has 0 fully saturated rings. The minimum absolute atomic E-state index is 0.0183. The van der Waals surface area contributed by atoms with Crippen molar-refractivity contribution < 1.29 is 18.1 Å². The molecule has 0 saturated heterocycles. The quantitative estimate of drug-likeness (QED) is 0.482. The molecule has 0 saturated carbocycles. The highest BCUT2D eigenvalue weighted by Crippen LogP contribution is 2.31. The van der Waals surface area contributed by atoms with Gasteiger partial charge in [-0.25, -0.2) is 4.68 Å². The van der Waals surface area contributed by atoms with E-state index in [1.54, 1.807) is 6.07 Å². The van der Waals surface area contributed by atoms with E-state index in [1.165, 1.54) is 12.1 Å². The summed E-state index contributed by atoms with van der Waals surface area (Å²) >= 11 is 3.16. The molecule has 0 amide bonds. The monoisotopic (exact) mass is 349 g/mol. The molecule has 5 nitrogen and oxygen atoms in total. The molecule has 9 heteroatoms. The van der Waals surface area contributed by atoms with Gasteiger partial charge < -0.3 is 0 Å². The third-order valence-corrected chi connectivity index (χ3v) is 3.20. The van der Waals surface area contributed by atoms with Gasteiger partial charge in [0.25, 0.3) is 5.69 Å². The average Bonchev–Trinajstić information content (AvgIpc) is 2.87. The molecular weight excluding hydrogens is 343 g/mol. The van der Waals surface area contributed by atoms with E-state index in [-0.39, 0.29) is 11.4 Å². The van der Waals surface area contributed by atoms with Crippen LogP contribution in [0, 0.1) is 10.1 Å². The lowest BCUT2D eigenvalue weighted by Gasteiger charge is -2.05. The van der Waals surface area contributed by atoms with E-state index in [0.717, 1.165) is 10.9 Å². The zero-order valence-electron chi connectivity index (χ0n) is 9.76. The van der Waals surface area contributed by atoms with Crippen LogP contribution in [-0.4, -0.2) is 14.7 Å². The number of nitro groups is 1. The number of benzene rings is 1. The molecule has 0 aliphatic rings. The molecule has 1 aromatic carbocycles. The van der Waals surface area contributed by atoms with E-state index in [0.29, 0.717) is 17.1 Å². The zero-order valence-corrected chi connectivity index (χ0v) is 11.3. The molecule has 2 aromatic rings. The van der Waals surface area contributed by atoms with Crippen molar-refractivity contribution in [1.29, 1.82) is 0 Å². The number of rotatable bonds is 3. The maximum Gasteiger partial charge on any atom is 0.419 e. The van der Waals surface area contributed by atoms with Gasteiger partial charge in [-0.1, -0.05) is 22.0 Å². The van der Waals surface area contributed by atoms with Crippen LogP contribution in [0.1, 0.15) is 11.1 Å². The van der Waals surface area contributed by atoms with Gasteiger partial charge in [0, 0.05) is 17.6 Å². The Morgan fingerprint density at radius 1 is 1.40 bits per heavy atom. The Morgan fingerprint density at radius 2 is 2.10 bits per heavy atom. The van der Waals surface area contributed by atoms with Gasteiger partial charge >= 0.3 is 6.18 Å². The second kappa shape index (κ2) is 5.23. The third kappa shape index (κ3) is 2.82. The minimum Gasteiger partial charge on any atom is -0.258 e. The van der Waals surface area contributed by atoms with Crippen LogP contribution in [0.25, 0.3) is 5.69 Å². The number of nitro benzene ring substituents is 1. The predicted octanol–water partition coefficient (Wildman–Crippen LogP) is 3.69. The molecule has 106 valence electrons. The molecule has 0 spiro atoms. The van der Waals surface area contributed by atoms with Gasteiger partial charge in [0.05, 0.1) is 16.7 Å². The number of hydrogen-bond donors (Lipinski definition) is 0. The Kier molecular flexibility index (Phi) is 3.80. The van der Waals surface area contributed by atoms with Crippen molar-refractivity contribution in [1.82, 2.24) is 9.78 Å². The minimum atomic E-state index is -4.54. The summed E-state index contributed by atoms with van der Waals surface area (Å²) < 4.78 is 38.4. The van der Waals surface area contributed by atoms with Gasteiger partial charge in [-0.3, -0.25) is 10.1 Å². The van der Waals surface area contributed by atoms with Crippen molar-refractivity contribution >= 4 is 21.6 Å². The van der Waals surface area contributed by atoms with Crippen LogP contribution in [0.3, 0.4) is 0 Å². The number of alkyl halides is 4. The number of aromatic nitrogens is 2. The first-order chi connectivity index (χ1) is 9.32. The smallest absolute Gasteiger partial charge is 0.258 e. The second-order valence-electron chi connectivity index (χ2n) is 3.89. The van der Waals surface area contributed by atoms with Gasteiger partial charge in [-0.15, -0.1) is 0 Å². The van der Waals surface area contributed by atoms with Crippen molar-refractivity contribution in [2.24, 2.45) is 0 Å². The molecule has 0 N–H and O–H groups in total. The molecule has 0 aliphatic heterocycles. The second-order valence-corrected chi connectivity index (χ2v) is 4.45. The predicted molar refractivity (Wildman–Crippen MR) is 67.9 cm³/mol. The summed E-state index contributed by atoms with van der Waals surface area (Å²) in [4.78, 5) is 10.3. The Morgan fingerprint density at radius 3 is 2.60 bits per heavy atom. The fourth-order valence-electron chi connectivity index (χ4n) is 1.59. The molecule has 0 unspecified atom stereocenters. The summed E-state index contributed by atoms with van der Waals surface area (Å²) in [6.45, 7) is 0. The topological polar surface area (TPSA) is 61.0 Å². The van der Waals surface area contributed by atoms with Crippen LogP contribution in [0.5, 0.6) is 0 Å². The summed E-state index contributed by atoms with van der Waals surface area (Å²) in [5, 5.41) is 14.9. The molecule has 0 bridgehead atoms. The summed E-state index contributed by atoms with van der Waals surface area (Å²) in [5.74, 6) is 0. The highest BCUT2D eigenvalue weighted by Gasteiger charge is 2.32. The molecule has 0 atom stereocenters. The van der Waals surface area contributed by atoms with Crippen molar-refractivity contribution in [2.75, 3.05) is 0 Å². The maximum atomic E-state index is 12.5. The standard InChI is InChI=1S/C11H7BrF3N3O2/c12-4-7-1-2-9(10(3-7)18(19)20)17-6-8(5-16-17)11(13,14)15/h1-3,5-6H,4H2. The van der Waals surface area contributed by atoms with Gasteiger partial charge in [0.2, 0.25) is 0 Å². The average molecular weight is 350 g/mol. The largest absolute Gasteiger partial charge is 0.419 e. The van der Waals surface area contributed by atoms with Crippen LogP contribution < -0.4 is 0 Å². The van der Waals surface area contributed by atoms with E-state index < -0.39 is 16.7 Å². The summed E-state index contributed by atoms with van der Waals surface area (Å²) in [7, 11) is 0. The van der Waals surface area contributed by atoms with Gasteiger partial charge in [0.15, 0.2) is 0 Å². The van der Waals surface area contributed by atoms with Crippen LogP contribution >= 0.6 is 15.9 Å². The van der Waals surface area contributed by atoms with Crippen molar-refractivity contribution in [3.63, 3.8) is 0 Å². The lowest BCUT2D eigenvalue weighted by Crippen LogP contribution is -2.04. The van der Waals surface area contributed by atoms with E-state index in [2.05, 4.69) is 21.0 Å². The Hall–Kier alpha value is -1.90. The lowest BCUT2D eigenvalue weighted by atomic mass is 10.2. The van der Waals surface area contributed by atoms with Gasteiger partial charge in [-0.2, -0.15) is 18.3 Å². The van der Waals surface area contributed by atoms with E-state index in [4.69, 9.17) is 0 Å². The maximum absolute atomic E-state index is 12.5. The van der Waals surface area contributed by atoms with Crippen LogP contribution in [0.4, 0.5) is 18.9 Å². The zero-order chi connectivity index (χ0) is 14.9. The Bertz CT molecular complexity index is 655. The fraction of sp³-hybridized carbons (Fsp3) is 0.182. The SMILES string of the molecule is O=[N+]([O-])c1cc(CBr)ccc1-n1cc(C(F)(F)F)cn1. The molecule has 20 heavy (non-hydrogen) atoms. The van der Waals surface area contributed by atoms with Crippen LogP contribution in [0.2, 0.25) is 0 Å². The molecule has 1 heterocycles. The Balaban J connectivity index is 2.52.